The molecule has 0 aliphatic rings. The Balaban J connectivity index is 3.02. The van der Waals surface area contributed by atoms with Gasteiger partial charge in [-0.25, -0.2) is 0 Å². The first-order valence-electron chi connectivity index (χ1n) is 5.11. The lowest BCUT2D eigenvalue weighted by molar-refractivity contribution is 0.371. The molecule has 1 aromatic carbocycles. The van der Waals surface area contributed by atoms with Gasteiger partial charge in [-0.05, 0) is 38.7 Å². The zero-order valence-electron chi connectivity index (χ0n) is 9.95. The number of hydrogen-bond donors (Lipinski definition) is 1. The highest BCUT2D eigenvalue weighted by Crippen LogP contribution is 2.23. The van der Waals surface area contributed by atoms with E-state index in [1.54, 1.807) is 7.11 Å². The molecule has 0 radical (unpaired) electrons. The molecule has 0 aliphatic heterocycles. The Morgan fingerprint density at radius 3 is 2.53 bits per heavy atom. The second kappa shape index (κ2) is 5.14. The van der Waals surface area contributed by atoms with Crippen molar-refractivity contribution in [2.45, 2.75) is 19.5 Å². The van der Waals surface area contributed by atoms with E-state index >= 15 is 0 Å². The van der Waals surface area contributed by atoms with Crippen LogP contribution in [0.3, 0.4) is 0 Å². The largest absolute Gasteiger partial charge is 0.496 e. The first kappa shape index (κ1) is 12.0. The average molecular weight is 208 g/mol. The minimum Gasteiger partial charge on any atom is -0.496 e. The van der Waals surface area contributed by atoms with Gasteiger partial charge in [-0.2, -0.15) is 0 Å². The summed E-state index contributed by atoms with van der Waals surface area (Å²) in [6, 6.07) is 6.18. The standard InChI is InChI=1S/C12H20N2O/c1-9(13)10-5-6-12(15-4)11(7-10)8-14(2)3/h5-7,9H,8,13H2,1-4H3/t9-/m1/s1. The van der Waals surface area contributed by atoms with Gasteiger partial charge in [-0.15, -0.1) is 0 Å². The van der Waals surface area contributed by atoms with Crippen LogP contribution in [0.4, 0.5) is 0 Å². The third-order valence-electron chi connectivity index (χ3n) is 2.32. The summed E-state index contributed by atoms with van der Waals surface area (Å²) in [5.41, 5.74) is 8.17. The van der Waals surface area contributed by atoms with Gasteiger partial charge in [0.1, 0.15) is 5.75 Å². The van der Waals surface area contributed by atoms with E-state index in [-0.39, 0.29) is 6.04 Å². The van der Waals surface area contributed by atoms with Gasteiger partial charge in [0, 0.05) is 18.2 Å². The highest BCUT2D eigenvalue weighted by molar-refractivity contribution is 5.38. The van der Waals surface area contributed by atoms with E-state index in [0.29, 0.717) is 0 Å². The van der Waals surface area contributed by atoms with Gasteiger partial charge in [-0.3, -0.25) is 0 Å². The predicted octanol–water partition coefficient (Wildman–Crippen LogP) is 1.78. The van der Waals surface area contributed by atoms with Gasteiger partial charge >= 0.3 is 0 Å². The topological polar surface area (TPSA) is 38.5 Å². The molecule has 3 heteroatoms. The Morgan fingerprint density at radius 2 is 2.07 bits per heavy atom. The zero-order chi connectivity index (χ0) is 11.4. The van der Waals surface area contributed by atoms with Crippen molar-refractivity contribution in [3.8, 4) is 5.75 Å². The van der Waals surface area contributed by atoms with Gasteiger partial charge < -0.3 is 15.4 Å². The third-order valence-corrected chi connectivity index (χ3v) is 2.32. The number of rotatable bonds is 4. The fourth-order valence-electron chi connectivity index (χ4n) is 1.55. The van der Waals surface area contributed by atoms with Crippen LogP contribution in [0.25, 0.3) is 0 Å². The second-order valence-corrected chi connectivity index (χ2v) is 4.10. The number of benzene rings is 1. The number of ether oxygens (including phenoxy) is 1. The summed E-state index contributed by atoms with van der Waals surface area (Å²) >= 11 is 0. The molecule has 0 aromatic heterocycles. The number of nitrogens with two attached hydrogens (primary N) is 1. The van der Waals surface area contributed by atoms with Crippen molar-refractivity contribution in [1.29, 1.82) is 0 Å². The van der Waals surface area contributed by atoms with E-state index in [9.17, 15) is 0 Å². The van der Waals surface area contributed by atoms with Crippen molar-refractivity contribution in [3.63, 3.8) is 0 Å². The third kappa shape index (κ3) is 3.22. The summed E-state index contributed by atoms with van der Waals surface area (Å²) in [5.74, 6) is 0.924. The number of methoxy groups -OCH3 is 1. The molecular formula is C12H20N2O. The van der Waals surface area contributed by atoms with Crippen LogP contribution < -0.4 is 10.5 Å². The molecule has 0 bridgehead atoms. The van der Waals surface area contributed by atoms with Crippen molar-refractivity contribution < 1.29 is 4.74 Å². The molecule has 1 rings (SSSR count). The first-order chi connectivity index (χ1) is 7.04. The predicted molar refractivity (Wildman–Crippen MR) is 63.0 cm³/mol. The minimum absolute atomic E-state index is 0.0665. The Labute approximate surface area is 91.8 Å². The molecule has 15 heavy (non-hydrogen) atoms. The number of nitrogens with zero attached hydrogens (tertiary/aromatic N) is 1. The fourth-order valence-corrected chi connectivity index (χ4v) is 1.55. The van der Waals surface area contributed by atoms with Crippen LogP contribution in [0.5, 0.6) is 5.75 Å². The SMILES string of the molecule is COc1ccc([C@@H](C)N)cc1CN(C)C. The molecule has 3 nitrogen and oxygen atoms in total. The van der Waals surface area contributed by atoms with Crippen molar-refractivity contribution in [1.82, 2.24) is 4.90 Å². The maximum atomic E-state index is 5.85. The van der Waals surface area contributed by atoms with Crippen LogP contribution in [0.2, 0.25) is 0 Å². The van der Waals surface area contributed by atoms with Gasteiger partial charge in [0.25, 0.3) is 0 Å². The lowest BCUT2D eigenvalue weighted by atomic mass is 10.0. The molecule has 0 spiro atoms. The Kier molecular flexibility index (Phi) is 4.12. The summed E-state index contributed by atoms with van der Waals surface area (Å²) in [5, 5.41) is 0. The Morgan fingerprint density at radius 1 is 1.40 bits per heavy atom. The molecule has 0 heterocycles. The molecule has 1 atom stereocenters. The van der Waals surface area contributed by atoms with Crippen LogP contribution in [0.1, 0.15) is 24.1 Å². The van der Waals surface area contributed by atoms with Gasteiger partial charge in [0.15, 0.2) is 0 Å². The molecule has 0 aliphatic carbocycles. The van der Waals surface area contributed by atoms with Gasteiger partial charge in [0.05, 0.1) is 7.11 Å². The van der Waals surface area contributed by atoms with Gasteiger partial charge in [-0.1, -0.05) is 6.07 Å². The molecule has 0 saturated carbocycles. The van der Waals surface area contributed by atoms with Crippen molar-refractivity contribution in [3.05, 3.63) is 29.3 Å². The molecule has 0 unspecified atom stereocenters. The quantitative estimate of drug-likeness (QED) is 0.819. The Bertz CT molecular complexity index is 321. The van der Waals surface area contributed by atoms with Crippen LogP contribution in [0.15, 0.2) is 18.2 Å². The summed E-state index contributed by atoms with van der Waals surface area (Å²) in [6.45, 7) is 2.85. The van der Waals surface area contributed by atoms with E-state index in [0.717, 1.165) is 17.9 Å². The van der Waals surface area contributed by atoms with Crippen LogP contribution in [-0.4, -0.2) is 26.1 Å². The van der Waals surface area contributed by atoms with E-state index < -0.39 is 0 Å². The van der Waals surface area contributed by atoms with Crippen molar-refractivity contribution in [2.24, 2.45) is 5.73 Å². The average Bonchev–Trinajstić information content (AvgIpc) is 2.16. The van der Waals surface area contributed by atoms with Crippen LogP contribution in [0, 0.1) is 0 Å². The summed E-state index contributed by atoms with van der Waals surface area (Å²) < 4.78 is 5.31. The fraction of sp³-hybridized carbons (Fsp3) is 0.500. The maximum Gasteiger partial charge on any atom is 0.123 e. The maximum absolute atomic E-state index is 5.85. The molecule has 2 N–H and O–H groups in total. The monoisotopic (exact) mass is 208 g/mol. The van der Waals surface area contributed by atoms with E-state index in [2.05, 4.69) is 11.0 Å². The first-order valence-corrected chi connectivity index (χ1v) is 5.11. The summed E-state index contributed by atoms with van der Waals surface area (Å²) in [4.78, 5) is 2.11. The van der Waals surface area contributed by atoms with Crippen LogP contribution in [-0.2, 0) is 6.54 Å². The lowest BCUT2D eigenvalue weighted by Crippen LogP contribution is -2.13. The van der Waals surface area contributed by atoms with Crippen molar-refractivity contribution >= 4 is 0 Å². The highest BCUT2D eigenvalue weighted by atomic mass is 16.5. The molecule has 0 amide bonds. The van der Waals surface area contributed by atoms with Crippen molar-refractivity contribution in [2.75, 3.05) is 21.2 Å². The zero-order valence-corrected chi connectivity index (χ0v) is 9.95. The lowest BCUT2D eigenvalue weighted by Gasteiger charge is -2.16. The molecule has 84 valence electrons. The molecule has 0 saturated heterocycles. The van der Waals surface area contributed by atoms with Gasteiger partial charge in [0.2, 0.25) is 0 Å². The molecule has 1 aromatic rings. The van der Waals surface area contributed by atoms with E-state index in [4.69, 9.17) is 10.5 Å². The van der Waals surface area contributed by atoms with E-state index in [1.807, 2.05) is 33.2 Å². The number of hydrogen-bond acceptors (Lipinski definition) is 3. The Hall–Kier alpha value is -1.06. The minimum atomic E-state index is 0.0665. The normalized spacial score (nSPS) is 12.9. The van der Waals surface area contributed by atoms with E-state index in [1.165, 1.54) is 5.56 Å². The second-order valence-electron chi connectivity index (χ2n) is 4.10. The summed E-state index contributed by atoms with van der Waals surface area (Å²) in [6.07, 6.45) is 0. The molecule has 0 fully saturated rings. The molecular weight excluding hydrogens is 188 g/mol. The summed E-state index contributed by atoms with van der Waals surface area (Å²) in [7, 11) is 5.77. The highest BCUT2D eigenvalue weighted by Gasteiger charge is 2.07. The van der Waals surface area contributed by atoms with Crippen LogP contribution >= 0.6 is 0 Å². The smallest absolute Gasteiger partial charge is 0.123 e.